The fourth-order valence-electron chi connectivity index (χ4n) is 2.63. The fraction of sp³-hybridized carbons (Fsp3) is 0.0667. The van der Waals surface area contributed by atoms with Crippen molar-refractivity contribution in [3.8, 4) is 11.1 Å². The zero-order valence-corrected chi connectivity index (χ0v) is 11.5. The number of benzene rings is 2. The maximum atomic E-state index is 11.2. The monoisotopic (exact) mass is 297 g/mol. The van der Waals surface area contributed by atoms with Crippen LogP contribution in [-0.2, 0) is 4.79 Å². The Morgan fingerprint density at radius 3 is 2.45 bits per heavy atom. The Hall–Kier alpha value is -3.22. The molecular formula is C15H11N3O4. The molecule has 2 aromatic rings. The van der Waals surface area contributed by atoms with Gasteiger partial charge in [-0.25, -0.2) is 0 Å². The van der Waals surface area contributed by atoms with Crippen molar-refractivity contribution in [2.45, 2.75) is 6.92 Å². The van der Waals surface area contributed by atoms with E-state index in [-0.39, 0.29) is 11.4 Å². The lowest BCUT2D eigenvalue weighted by Crippen LogP contribution is -2.09. The van der Waals surface area contributed by atoms with E-state index in [1.165, 1.54) is 19.1 Å². The molecule has 2 aromatic carbocycles. The maximum absolute atomic E-state index is 11.2. The lowest BCUT2D eigenvalue weighted by molar-refractivity contribution is -0.383. The van der Waals surface area contributed by atoms with E-state index >= 15 is 0 Å². The third-order valence-electron chi connectivity index (χ3n) is 3.47. The highest BCUT2D eigenvalue weighted by Gasteiger charge is 2.29. The summed E-state index contributed by atoms with van der Waals surface area (Å²) in [6, 6.07) is 10.0. The molecule has 0 heterocycles. The van der Waals surface area contributed by atoms with Crippen LogP contribution in [0, 0.1) is 10.1 Å². The highest BCUT2D eigenvalue weighted by molar-refractivity contribution is 6.25. The summed E-state index contributed by atoms with van der Waals surface area (Å²) in [5, 5.41) is 26.3. The zero-order valence-electron chi connectivity index (χ0n) is 11.5. The van der Waals surface area contributed by atoms with Gasteiger partial charge in [0.1, 0.15) is 11.4 Å². The number of amides is 1. The number of nitrogens with one attached hydrogen (secondary N) is 1. The lowest BCUT2D eigenvalue weighted by atomic mass is 10.0. The Balaban J connectivity index is 2.30. The van der Waals surface area contributed by atoms with Crippen molar-refractivity contribution in [3.63, 3.8) is 0 Å². The first-order chi connectivity index (χ1) is 10.5. The van der Waals surface area contributed by atoms with Gasteiger partial charge in [-0.2, -0.15) is 0 Å². The van der Waals surface area contributed by atoms with Crippen molar-refractivity contribution in [2.24, 2.45) is 5.16 Å². The molecule has 1 amide bonds. The van der Waals surface area contributed by atoms with E-state index in [1.807, 2.05) is 0 Å². The molecule has 1 aliphatic rings. The van der Waals surface area contributed by atoms with Gasteiger partial charge in [0.25, 0.3) is 5.69 Å². The number of carbonyl (C=O) groups is 1. The van der Waals surface area contributed by atoms with Gasteiger partial charge in [0.05, 0.1) is 4.92 Å². The summed E-state index contributed by atoms with van der Waals surface area (Å²) in [6.07, 6.45) is 0. The number of carbonyl (C=O) groups excluding carboxylic acids is 1. The molecule has 110 valence electrons. The Morgan fingerprint density at radius 2 is 1.86 bits per heavy atom. The molecular weight excluding hydrogens is 286 g/mol. The molecule has 0 saturated carbocycles. The van der Waals surface area contributed by atoms with Crippen LogP contribution in [0.15, 0.2) is 41.6 Å². The molecule has 2 N–H and O–H groups in total. The maximum Gasteiger partial charge on any atom is 0.293 e. The molecule has 0 unspecified atom stereocenters. The number of rotatable bonds is 2. The van der Waals surface area contributed by atoms with Crippen LogP contribution >= 0.6 is 0 Å². The van der Waals surface area contributed by atoms with E-state index in [4.69, 9.17) is 0 Å². The summed E-state index contributed by atoms with van der Waals surface area (Å²) in [5.74, 6) is -0.416. The van der Waals surface area contributed by atoms with Gasteiger partial charge in [-0.05, 0) is 17.2 Å². The normalized spacial score (nSPS) is 13.6. The van der Waals surface area contributed by atoms with Crippen molar-refractivity contribution in [1.29, 1.82) is 0 Å². The Morgan fingerprint density at radius 1 is 1.18 bits per heavy atom. The van der Waals surface area contributed by atoms with E-state index in [0.717, 1.165) is 5.56 Å². The Kier molecular flexibility index (Phi) is 3.10. The molecule has 0 atom stereocenters. The quantitative estimate of drug-likeness (QED) is 0.431. The van der Waals surface area contributed by atoms with Crippen LogP contribution in [0.1, 0.15) is 18.1 Å². The van der Waals surface area contributed by atoms with Crippen LogP contribution in [0.2, 0.25) is 0 Å². The molecule has 7 nitrogen and oxygen atoms in total. The molecule has 0 aromatic heterocycles. The second-order valence-corrected chi connectivity index (χ2v) is 4.85. The highest BCUT2D eigenvalue weighted by Crippen LogP contribution is 2.41. The first kappa shape index (κ1) is 13.7. The predicted octanol–water partition coefficient (Wildman–Crippen LogP) is 2.76. The molecule has 0 bridgehead atoms. The van der Waals surface area contributed by atoms with Crippen molar-refractivity contribution in [2.75, 3.05) is 5.32 Å². The van der Waals surface area contributed by atoms with Crippen LogP contribution in [0.25, 0.3) is 11.1 Å². The SMILES string of the molecule is CC(=O)Nc1cc2c(cc1[N+](=O)[O-])-c1ccccc1/C2=N\O. The van der Waals surface area contributed by atoms with E-state index in [2.05, 4.69) is 10.5 Å². The zero-order chi connectivity index (χ0) is 15.9. The first-order valence-corrected chi connectivity index (χ1v) is 6.45. The van der Waals surface area contributed by atoms with Crippen molar-refractivity contribution in [1.82, 2.24) is 0 Å². The van der Waals surface area contributed by atoms with Gasteiger partial charge >= 0.3 is 0 Å². The van der Waals surface area contributed by atoms with Gasteiger partial charge in [-0.1, -0.05) is 29.4 Å². The summed E-state index contributed by atoms with van der Waals surface area (Å²) >= 11 is 0. The molecule has 3 rings (SSSR count). The average molecular weight is 297 g/mol. The van der Waals surface area contributed by atoms with Crippen LogP contribution in [0.4, 0.5) is 11.4 Å². The topological polar surface area (TPSA) is 105 Å². The van der Waals surface area contributed by atoms with Gasteiger partial charge in [-0.15, -0.1) is 0 Å². The molecule has 0 aliphatic heterocycles. The minimum absolute atomic E-state index is 0.0743. The van der Waals surface area contributed by atoms with Gasteiger partial charge in [0.2, 0.25) is 5.91 Å². The summed E-state index contributed by atoms with van der Waals surface area (Å²) in [6.45, 7) is 1.27. The number of oxime groups is 1. The molecule has 0 spiro atoms. The molecule has 0 radical (unpaired) electrons. The number of hydrogen-bond donors (Lipinski definition) is 2. The van der Waals surface area contributed by atoms with Crippen molar-refractivity contribution < 1.29 is 14.9 Å². The van der Waals surface area contributed by atoms with Gasteiger partial charge < -0.3 is 10.5 Å². The summed E-state index contributed by atoms with van der Waals surface area (Å²) in [4.78, 5) is 21.9. The van der Waals surface area contributed by atoms with E-state index < -0.39 is 10.8 Å². The number of nitro benzene ring substituents is 1. The first-order valence-electron chi connectivity index (χ1n) is 6.45. The Labute approximate surface area is 125 Å². The lowest BCUT2D eigenvalue weighted by Gasteiger charge is -2.07. The largest absolute Gasteiger partial charge is 0.410 e. The van der Waals surface area contributed by atoms with Crippen molar-refractivity contribution in [3.05, 3.63) is 57.6 Å². The van der Waals surface area contributed by atoms with Gasteiger partial charge in [0, 0.05) is 24.1 Å². The van der Waals surface area contributed by atoms with E-state index in [9.17, 15) is 20.1 Å². The fourth-order valence-corrected chi connectivity index (χ4v) is 2.63. The third kappa shape index (κ3) is 1.99. The number of fused-ring (bicyclic) bond motifs is 3. The summed E-state index contributed by atoms with van der Waals surface area (Å²) in [7, 11) is 0. The highest BCUT2D eigenvalue weighted by atomic mass is 16.6. The van der Waals surface area contributed by atoms with Crippen LogP contribution < -0.4 is 5.32 Å². The number of hydrogen-bond acceptors (Lipinski definition) is 5. The smallest absolute Gasteiger partial charge is 0.293 e. The standard InChI is InChI=1S/C15H11N3O4/c1-8(19)16-13-6-12-11(7-14(13)18(21)22)9-4-2-3-5-10(9)15(12)17-20/h2-7,20H,1H3,(H,16,19)/b17-15+. The van der Waals surface area contributed by atoms with Gasteiger partial charge in [-0.3, -0.25) is 14.9 Å². The summed E-state index contributed by atoms with van der Waals surface area (Å²) < 4.78 is 0. The molecule has 0 saturated heterocycles. The molecule has 0 fully saturated rings. The van der Waals surface area contributed by atoms with Gasteiger partial charge in [0.15, 0.2) is 0 Å². The predicted molar refractivity (Wildman–Crippen MR) is 80.3 cm³/mol. The number of nitro groups is 1. The van der Waals surface area contributed by atoms with E-state index in [1.54, 1.807) is 24.3 Å². The van der Waals surface area contributed by atoms with Crippen LogP contribution in [0.5, 0.6) is 0 Å². The van der Waals surface area contributed by atoms with E-state index in [0.29, 0.717) is 22.4 Å². The molecule has 22 heavy (non-hydrogen) atoms. The summed E-state index contributed by atoms with van der Waals surface area (Å²) in [5.41, 5.74) is 2.78. The second kappa shape index (κ2) is 4.96. The molecule has 7 heteroatoms. The Bertz CT molecular complexity index is 843. The number of nitrogens with zero attached hydrogens (tertiary/aromatic N) is 2. The second-order valence-electron chi connectivity index (χ2n) is 4.85. The minimum Gasteiger partial charge on any atom is -0.410 e. The van der Waals surface area contributed by atoms with Crippen molar-refractivity contribution >= 4 is 23.0 Å². The molecule has 1 aliphatic carbocycles. The average Bonchev–Trinajstić information content (AvgIpc) is 2.78. The van der Waals surface area contributed by atoms with Crippen LogP contribution in [0.3, 0.4) is 0 Å². The van der Waals surface area contributed by atoms with Crippen LogP contribution in [-0.4, -0.2) is 21.7 Å². The third-order valence-corrected chi connectivity index (χ3v) is 3.47. The number of anilines is 1. The minimum atomic E-state index is -0.553.